The van der Waals surface area contributed by atoms with Crippen molar-refractivity contribution < 1.29 is 34.1 Å². The molecular weight excluding hydrogens is 287 g/mol. The Bertz CT molecular complexity index is 694. The molecule has 0 aliphatic carbocycles. The summed E-state index contributed by atoms with van der Waals surface area (Å²) < 4.78 is 9.38. The van der Waals surface area contributed by atoms with Gasteiger partial charge in [-0.3, -0.25) is 4.52 Å². The first kappa shape index (κ1) is 11.1. The van der Waals surface area contributed by atoms with Crippen LogP contribution >= 0.6 is 0 Å². The normalized spacial score (nSPS) is 11.0. The SMILES string of the molecule is [3H]c1cccc(-c2[c-]nc3c(C)ccnn23)c1.[Y]. The fraction of sp³-hybridized carbons (Fsp3) is 0.0769. The molecule has 1 radical (unpaired) electrons. The maximum Gasteiger partial charge on any atom is 0.0612 e. The number of rotatable bonds is 1. The third-order valence-corrected chi connectivity index (χ3v) is 2.52. The molecule has 0 bridgehead atoms. The van der Waals surface area contributed by atoms with Crippen LogP contribution in [0.1, 0.15) is 6.93 Å². The predicted octanol–water partition coefficient (Wildman–Crippen LogP) is 2.50. The standard InChI is InChI=1S/C13H10N3.Y/c1-10-7-8-15-16-12(9-14-13(10)16)11-5-3-2-4-6-11;/h2-8H,1H3;/q-1;/i3T;. The number of nitrogens with zero attached hydrogens (tertiary/aromatic N) is 3. The van der Waals surface area contributed by atoms with Crippen molar-refractivity contribution >= 4 is 5.65 Å². The van der Waals surface area contributed by atoms with Crippen LogP contribution in [0.3, 0.4) is 0 Å². The zero-order chi connectivity index (χ0) is 11.8. The Hall–Kier alpha value is -1.06. The molecule has 17 heavy (non-hydrogen) atoms. The minimum Gasteiger partial charge on any atom is -0.366 e. The van der Waals surface area contributed by atoms with Crippen molar-refractivity contribution in [2.75, 3.05) is 0 Å². The molecule has 0 saturated carbocycles. The van der Waals surface area contributed by atoms with Crippen LogP contribution in [0.5, 0.6) is 0 Å². The molecule has 3 aromatic rings. The van der Waals surface area contributed by atoms with Crippen LogP contribution in [-0.4, -0.2) is 14.6 Å². The first-order valence-electron chi connectivity index (χ1n) is 5.55. The zero-order valence-electron chi connectivity index (χ0n) is 10.4. The smallest absolute Gasteiger partial charge is 0.0612 e. The fourth-order valence-electron chi connectivity index (χ4n) is 1.69. The summed E-state index contributed by atoms with van der Waals surface area (Å²) in [6.45, 7) is 1.99. The molecule has 0 aliphatic heterocycles. The van der Waals surface area contributed by atoms with Gasteiger partial charge in [0.05, 0.1) is 7.02 Å². The van der Waals surface area contributed by atoms with Crippen molar-refractivity contribution in [2.45, 2.75) is 6.92 Å². The van der Waals surface area contributed by atoms with Gasteiger partial charge in [-0.05, 0) is 18.7 Å². The van der Waals surface area contributed by atoms with E-state index >= 15 is 0 Å². The molecule has 0 amide bonds. The molecule has 3 nitrogen and oxygen atoms in total. The van der Waals surface area contributed by atoms with Gasteiger partial charge in [-0.15, -0.1) is 12.1 Å². The molecule has 1 aromatic carbocycles. The fourth-order valence-corrected chi connectivity index (χ4v) is 1.69. The number of hydrogen-bond donors (Lipinski definition) is 0. The summed E-state index contributed by atoms with van der Waals surface area (Å²) in [6.07, 6.45) is 4.71. The Morgan fingerprint density at radius 2 is 2.18 bits per heavy atom. The summed E-state index contributed by atoms with van der Waals surface area (Å²) in [4.78, 5) is 4.24. The van der Waals surface area contributed by atoms with Gasteiger partial charge < -0.3 is 4.98 Å². The summed E-state index contributed by atoms with van der Waals surface area (Å²) >= 11 is 0. The van der Waals surface area contributed by atoms with Crippen LogP contribution in [0.4, 0.5) is 0 Å². The first-order chi connectivity index (χ1) is 8.25. The second kappa shape index (κ2) is 5.07. The molecule has 2 aromatic heterocycles. The Balaban J connectivity index is 0.00000120. The first-order valence-corrected chi connectivity index (χ1v) is 5.05. The van der Waals surface area contributed by atoms with Gasteiger partial charge in [-0.2, -0.15) is 5.10 Å². The van der Waals surface area contributed by atoms with Gasteiger partial charge in [0.2, 0.25) is 0 Å². The van der Waals surface area contributed by atoms with Crippen LogP contribution < -0.4 is 0 Å². The molecule has 0 spiro atoms. The van der Waals surface area contributed by atoms with Crippen molar-refractivity contribution in [1.29, 1.82) is 0 Å². The third kappa shape index (κ3) is 2.17. The average Bonchev–Trinajstić information content (AvgIpc) is 2.74. The molecule has 0 saturated heterocycles. The maximum absolute atomic E-state index is 7.62. The Morgan fingerprint density at radius 1 is 1.29 bits per heavy atom. The summed E-state index contributed by atoms with van der Waals surface area (Å²) in [5.74, 6) is 0. The molecular formula is C13H10N3Y-. The van der Waals surface area contributed by atoms with Crippen molar-refractivity contribution in [3.8, 4) is 11.3 Å². The topological polar surface area (TPSA) is 30.2 Å². The second-order valence-electron chi connectivity index (χ2n) is 3.61. The average molecular weight is 299 g/mol. The van der Waals surface area contributed by atoms with Crippen molar-refractivity contribution in [2.24, 2.45) is 0 Å². The van der Waals surface area contributed by atoms with Gasteiger partial charge >= 0.3 is 0 Å². The van der Waals surface area contributed by atoms with E-state index in [0.717, 1.165) is 22.5 Å². The molecule has 0 fully saturated rings. The molecule has 3 rings (SSSR count). The number of hydrogen-bond acceptors (Lipinski definition) is 2. The van der Waals surface area contributed by atoms with E-state index in [2.05, 4.69) is 16.3 Å². The van der Waals surface area contributed by atoms with Crippen molar-refractivity contribution in [3.63, 3.8) is 0 Å². The largest absolute Gasteiger partial charge is 0.366 e. The number of fused-ring (bicyclic) bond motifs is 1. The molecule has 0 atom stereocenters. The van der Waals surface area contributed by atoms with Gasteiger partial charge in [0, 0.05) is 38.9 Å². The van der Waals surface area contributed by atoms with E-state index in [1.807, 2.05) is 25.1 Å². The number of aryl methyl sites for hydroxylation is 1. The quantitative estimate of drug-likeness (QED) is 0.646. The van der Waals surface area contributed by atoms with Gasteiger partial charge in [-0.25, -0.2) is 0 Å². The van der Waals surface area contributed by atoms with E-state index in [9.17, 15) is 0 Å². The van der Waals surface area contributed by atoms with Crippen LogP contribution in [0, 0.1) is 13.1 Å². The second-order valence-corrected chi connectivity index (χ2v) is 3.61. The van der Waals surface area contributed by atoms with E-state index < -0.39 is 0 Å². The number of aromatic nitrogens is 3. The van der Waals surface area contributed by atoms with Crippen LogP contribution in [0.15, 0.2) is 42.6 Å². The summed E-state index contributed by atoms with van der Waals surface area (Å²) in [5.41, 5.74) is 3.56. The van der Waals surface area contributed by atoms with Crippen LogP contribution in [0.2, 0.25) is 0 Å². The van der Waals surface area contributed by atoms with Gasteiger partial charge in [0.1, 0.15) is 0 Å². The minimum atomic E-state index is 0. The predicted molar refractivity (Wildman–Crippen MR) is 62.0 cm³/mol. The van der Waals surface area contributed by atoms with E-state index in [-0.39, 0.29) is 32.7 Å². The molecule has 0 N–H and O–H groups in total. The minimum absolute atomic E-state index is 0. The molecule has 0 unspecified atom stereocenters. The molecule has 2 heterocycles. The van der Waals surface area contributed by atoms with E-state index in [0.29, 0.717) is 6.04 Å². The van der Waals surface area contributed by atoms with Crippen LogP contribution in [0.25, 0.3) is 16.9 Å². The third-order valence-electron chi connectivity index (χ3n) is 2.52. The van der Waals surface area contributed by atoms with E-state index in [1.54, 1.807) is 22.8 Å². The summed E-state index contributed by atoms with van der Waals surface area (Å²) in [7, 11) is 0. The Labute approximate surface area is 126 Å². The molecule has 81 valence electrons. The van der Waals surface area contributed by atoms with Gasteiger partial charge in [0.25, 0.3) is 0 Å². The maximum atomic E-state index is 7.62. The van der Waals surface area contributed by atoms with Gasteiger partial charge in [0.15, 0.2) is 0 Å². The number of imidazole rings is 1. The van der Waals surface area contributed by atoms with Crippen molar-refractivity contribution in [3.05, 3.63) is 54.3 Å². The van der Waals surface area contributed by atoms with Crippen LogP contribution in [-0.2, 0) is 32.7 Å². The zero-order valence-corrected chi connectivity index (χ0v) is 12.2. The Morgan fingerprint density at radius 3 is 3.00 bits per heavy atom. The monoisotopic (exact) mass is 299 g/mol. The molecule has 4 heteroatoms. The van der Waals surface area contributed by atoms with E-state index in [1.165, 1.54) is 0 Å². The van der Waals surface area contributed by atoms with Crippen molar-refractivity contribution in [1.82, 2.24) is 14.6 Å². The summed E-state index contributed by atoms with van der Waals surface area (Å²) in [6, 6.07) is 9.69. The molecule has 0 aliphatic rings. The van der Waals surface area contributed by atoms with E-state index in [4.69, 9.17) is 1.37 Å². The number of benzene rings is 1. The Kier molecular flexibility index (Phi) is 3.30. The summed E-state index contributed by atoms with van der Waals surface area (Å²) in [5, 5.41) is 4.27. The van der Waals surface area contributed by atoms with Gasteiger partial charge in [-0.1, -0.05) is 35.5 Å².